The van der Waals surface area contributed by atoms with Gasteiger partial charge in [0.15, 0.2) is 5.69 Å². The van der Waals surface area contributed by atoms with Crippen molar-refractivity contribution in [1.82, 2.24) is 9.55 Å². The van der Waals surface area contributed by atoms with Gasteiger partial charge in [0, 0.05) is 22.9 Å². The van der Waals surface area contributed by atoms with Crippen molar-refractivity contribution in [1.29, 1.82) is 0 Å². The summed E-state index contributed by atoms with van der Waals surface area (Å²) in [6.07, 6.45) is 0.908. The fourth-order valence-corrected chi connectivity index (χ4v) is 4.57. The van der Waals surface area contributed by atoms with Crippen LogP contribution in [0.2, 0.25) is 0 Å². The summed E-state index contributed by atoms with van der Waals surface area (Å²) in [5.74, 6) is 0.0275. The lowest BCUT2D eigenvalue weighted by atomic mass is 10.0. The van der Waals surface area contributed by atoms with Crippen LogP contribution in [0.15, 0.2) is 83.0 Å². The highest BCUT2D eigenvalue weighted by atomic mass is 16.3. The van der Waals surface area contributed by atoms with Gasteiger partial charge in [-0.2, -0.15) is 0 Å². The Labute approximate surface area is 216 Å². The largest absolute Gasteiger partial charge is 0.493 e. The Morgan fingerprint density at radius 2 is 1.65 bits per heavy atom. The summed E-state index contributed by atoms with van der Waals surface area (Å²) in [6.45, 7) is 8.92. The Kier molecular flexibility index (Phi) is 6.57. The zero-order valence-corrected chi connectivity index (χ0v) is 21.6. The normalized spacial score (nSPS) is 11.8. The standard InChI is InChI=1S/C31H30N4O2/c1-19(2)14-15-35-28-13-11-21(4)17-25(28)29(31(35)37)33-34-30(36)24-18-27(22-8-6-5-7-9-22)32-26-12-10-20(3)16-23(24)26/h5-13,16-19,37H,14-15H2,1-4H3. The molecule has 0 atom stereocenters. The van der Waals surface area contributed by atoms with Gasteiger partial charge < -0.3 is 9.67 Å². The van der Waals surface area contributed by atoms with Crippen molar-refractivity contribution in [2.24, 2.45) is 16.1 Å². The highest BCUT2D eigenvalue weighted by Gasteiger charge is 2.19. The zero-order valence-electron chi connectivity index (χ0n) is 21.6. The molecule has 6 heteroatoms. The topological polar surface area (TPSA) is 79.8 Å². The van der Waals surface area contributed by atoms with Crippen molar-refractivity contribution in [2.45, 2.75) is 40.7 Å². The van der Waals surface area contributed by atoms with E-state index >= 15 is 0 Å². The third kappa shape index (κ3) is 4.87. The summed E-state index contributed by atoms with van der Waals surface area (Å²) in [5.41, 5.74) is 6.00. The van der Waals surface area contributed by atoms with Crippen LogP contribution in [0.3, 0.4) is 0 Å². The molecule has 0 spiro atoms. The molecule has 0 radical (unpaired) electrons. The quantitative estimate of drug-likeness (QED) is 0.244. The maximum absolute atomic E-state index is 13.5. The summed E-state index contributed by atoms with van der Waals surface area (Å²) in [6, 6.07) is 23.3. The predicted octanol–water partition coefficient (Wildman–Crippen LogP) is 8.15. The number of azo groups is 1. The highest BCUT2D eigenvalue weighted by molar-refractivity contribution is 6.08. The molecule has 0 aliphatic heterocycles. The van der Waals surface area contributed by atoms with Crippen LogP contribution < -0.4 is 0 Å². The zero-order chi connectivity index (χ0) is 26.1. The Morgan fingerprint density at radius 3 is 2.38 bits per heavy atom. The van der Waals surface area contributed by atoms with E-state index in [0.29, 0.717) is 34.9 Å². The molecule has 0 fully saturated rings. The van der Waals surface area contributed by atoms with Crippen LogP contribution in [0.5, 0.6) is 5.88 Å². The number of hydrogen-bond donors (Lipinski definition) is 1. The first kappa shape index (κ1) is 24.4. The molecule has 5 rings (SSSR count). The lowest BCUT2D eigenvalue weighted by molar-refractivity contribution is 0.0996. The number of carbonyl (C=O) groups is 1. The Morgan fingerprint density at radius 1 is 0.946 bits per heavy atom. The molecule has 0 saturated heterocycles. The number of benzene rings is 3. The third-order valence-corrected chi connectivity index (χ3v) is 6.60. The monoisotopic (exact) mass is 490 g/mol. The van der Waals surface area contributed by atoms with Crippen molar-refractivity contribution in [2.75, 3.05) is 0 Å². The van der Waals surface area contributed by atoms with E-state index < -0.39 is 5.91 Å². The lowest BCUT2D eigenvalue weighted by Gasteiger charge is -2.09. The molecule has 0 bridgehead atoms. The Balaban J connectivity index is 1.60. The van der Waals surface area contributed by atoms with E-state index in [1.807, 2.05) is 85.1 Å². The van der Waals surface area contributed by atoms with E-state index in [1.54, 1.807) is 6.07 Å². The molecule has 0 saturated carbocycles. The number of rotatable bonds is 6. The molecule has 5 aromatic rings. The molecule has 2 heterocycles. The number of nitrogens with zero attached hydrogens (tertiary/aromatic N) is 4. The molecule has 1 amide bonds. The minimum absolute atomic E-state index is 0.0261. The molecular formula is C31H30N4O2. The van der Waals surface area contributed by atoms with Gasteiger partial charge in [0.25, 0.3) is 5.91 Å². The van der Waals surface area contributed by atoms with Crippen LogP contribution in [-0.2, 0) is 6.54 Å². The van der Waals surface area contributed by atoms with E-state index in [2.05, 4.69) is 24.1 Å². The molecule has 0 aliphatic carbocycles. The van der Waals surface area contributed by atoms with Crippen molar-refractivity contribution >= 4 is 33.4 Å². The number of hydrogen-bond acceptors (Lipinski definition) is 4. The first-order valence-corrected chi connectivity index (χ1v) is 12.6. The molecule has 37 heavy (non-hydrogen) atoms. The van der Waals surface area contributed by atoms with Crippen molar-refractivity contribution in [3.8, 4) is 17.1 Å². The number of amides is 1. The predicted molar refractivity (Wildman–Crippen MR) is 149 cm³/mol. The van der Waals surface area contributed by atoms with Crippen molar-refractivity contribution in [3.63, 3.8) is 0 Å². The summed E-state index contributed by atoms with van der Waals surface area (Å²) in [4.78, 5) is 18.3. The molecule has 0 unspecified atom stereocenters. The fourth-order valence-electron chi connectivity index (χ4n) is 4.57. The minimum atomic E-state index is -0.481. The molecule has 186 valence electrons. The van der Waals surface area contributed by atoms with Crippen LogP contribution in [0.25, 0.3) is 33.1 Å². The summed E-state index contributed by atoms with van der Waals surface area (Å²) < 4.78 is 1.85. The highest BCUT2D eigenvalue weighted by Crippen LogP contribution is 2.40. The number of fused-ring (bicyclic) bond motifs is 2. The summed E-state index contributed by atoms with van der Waals surface area (Å²) in [5, 5.41) is 21.0. The fraction of sp³-hybridized carbons (Fsp3) is 0.226. The average molecular weight is 491 g/mol. The number of pyridine rings is 1. The number of aryl methyl sites for hydroxylation is 3. The van der Waals surface area contributed by atoms with E-state index in [4.69, 9.17) is 4.98 Å². The molecular weight excluding hydrogens is 460 g/mol. The van der Waals surface area contributed by atoms with E-state index in [-0.39, 0.29) is 5.88 Å². The van der Waals surface area contributed by atoms with Crippen LogP contribution in [0, 0.1) is 19.8 Å². The van der Waals surface area contributed by atoms with E-state index in [0.717, 1.165) is 39.4 Å². The van der Waals surface area contributed by atoms with Gasteiger partial charge in [-0.3, -0.25) is 4.79 Å². The second kappa shape index (κ2) is 9.97. The minimum Gasteiger partial charge on any atom is -0.493 e. The van der Waals surface area contributed by atoms with Crippen LogP contribution in [0.4, 0.5) is 5.69 Å². The van der Waals surface area contributed by atoms with E-state index in [9.17, 15) is 9.90 Å². The second-order valence-electron chi connectivity index (χ2n) is 9.97. The van der Waals surface area contributed by atoms with Gasteiger partial charge in [-0.1, -0.05) is 67.4 Å². The lowest BCUT2D eigenvalue weighted by Crippen LogP contribution is -2.00. The number of aromatic nitrogens is 2. The maximum atomic E-state index is 13.5. The average Bonchev–Trinajstić information content (AvgIpc) is 3.15. The van der Waals surface area contributed by atoms with Gasteiger partial charge in [-0.15, -0.1) is 10.2 Å². The molecule has 1 N–H and O–H groups in total. The molecule has 0 aliphatic rings. The van der Waals surface area contributed by atoms with Gasteiger partial charge >= 0.3 is 0 Å². The number of aromatic hydroxyl groups is 1. The Hall–Kier alpha value is -4.32. The number of carbonyl (C=O) groups excluding carboxylic acids is 1. The summed E-state index contributed by atoms with van der Waals surface area (Å²) in [7, 11) is 0. The molecule has 6 nitrogen and oxygen atoms in total. The van der Waals surface area contributed by atoms with Gasteiger partial charge in [0.1, 0.15) is 0 Å². The van der Waals surface area contributed by atoms with Crippen LogP contribution in [0.1, 0.15) is 41.8 Å². The molecule has 3 aromatic carbocycles. The van der Waals surface area contributed by atoms with Crippen LogP contribution in [-0.4, -0.2) is 20.6 Å². The van der Waals surface area contributed by atoms with Crippen LogP contribution >= 0.6 is 0 Å². The Bertz CT molecular complexity index is 1650. The maximum Gasteiger partial charge on any atom is 0.296 e. The van der Waals surface area contributed by atoms with Crippen molar-refractivity contribution < 1.29 is 9.90 Å². The SMILES string of the molecule is Cc1ccc2nc(-c3ccccc3)cc(C(=O)N=Nc3c(O)n(CCC(C)C)c4ccc(C)cc34)c2c1. The van der Waals surface area contributed by atoms with Gasteiger partial charge in [0.2, 0.25) is 5.88 Å². The van der Waals surface area contributed by atoms with Gasteiger partial charge in [0.05, 0.1) is 22.3 Å². The third-order valence-electron chi connectivity index (χ3n) is 6.60. The van der Waals surface area contributed by atoms with Gasteiger partial charge in [-0.25, -0.2) is 4.98 Å². The smallest absolute Gasteiger partial charge is 0.296 e. The molecule has 2 aromatic heterocycles. The first-order chi connectivity index (χ1) is 17.8. The summed E-state index contributed by atoms with van der Waals surface area (Å²) >= 11 is 0. The van der Waals surface area contributed by atoms with Crippen molar-refractivity contribution in [3.05, 3.63) is 89.5 Å². The van der Waals surface area contributed by atoms with E-state index in [1.165, 1.54) is 0 Å². The first-order valence-electron chi connectivity index (χ1n) is 12.6. The second-order valence-corrected chi connectivity index (χ2v) is 9.97. The van der Waals surface area contributed by atoms with Gasteiger partial charge in [-0.05, 0) is 56.5 Å².